The van der Waals surface area contributed by atoms with E-state index in [0.29, 0.717) is 11.0 Å². The molecule has 0 spiro atoms. The zero-order chi connectivity index (χ0) is 15.8. The third-order valence-corrected chi connectivity index (χ3v) is 4.49. The zero-order valence-electron chi connectivity index (χ0n) is 12.4. The number of carbonyl (C=O) groups is 1. The van der Waals surface area contributed by atoms with E-state index in [1.807, 2.05) is 53.2 Å². The Balaban J connectivity index is 1.70. The molecule has 0 aliphatic rings. The molecule has 4 aromatic rings. The number of para-hydroxylation sites is 3. The fourth-order valence-corrected chi connectivity index (χ4v) is 3.48. The number of rotatable bonds is 3. The number of hydrogen-bond acceptors (Lipinski definition) is 5. The molecule has 0 unspecified atom stereocenters. The molecule has 6 nitrogen and oxygen atoms in total. The second-order valence-corrected chi connectivity index (χ2v) is 6.00. The molecule has 114 valence electrons. The van der Waals surface area contributed by atoms with Crippen LogP contribution in [0.4, 0.5) is 0 Å². The van der Waals surface area contributed by atoms with Crippen LogP contribution in [0.25, 0.3) is 22.1 Å². The van der Waals surface area contributed by atoms with Crippen molar-refractivity contribution in [1.29, 1.82) is 0 Å². The molecule has 0 atom stereocenters. The molecule has 0 radical (unpaired) electrons. The highest BCUT2D eigenvalue weighted by atomic mass is 32.2. The smallest absolute Gasteiger partial charge is 0.230 e. The van der Waals surface area contributed by atoms with Gasteiger partial charge in [-0.3, -0.25) is 9.36 Å². The molecule has 0 bridgehead atoms. The van der Waals surface area contributed by atoms with Crippen LogP contribution in [0.5, 0.6) is 0 Å². The van der Waals surface area contributed by atoms with Crippen LogP contribution in [-0.2, 0) is 5.88 Å². The molecule has 0 fully saturated rings. The average Bonchev–Trinajstić information content (AvgIpc) is 3.13. The molecule has 0 saturated carbocycles. The summed E-state index contributed by atoms with van der Waals surface area (Å²) in [4.78, 5) is 16.5. The molecule has 0 amide bonds. The molecule has 0 saturated heterocycles. The van der Waals surface area contributed by atoms with Gasteiger partial charge in [0.15, 0.2) is 5.16 Å². The minimum atomic E-state index is -0.0513. The maximum absolute atomic E-state index is 12.0. The van der Waals surface area contributed by atoms with Crippen molar-refractivity contribution in [3.05, 3.63) is 48.5 Å². The van der Waals surface area contributed by atoms with Gasteiger partial charge in [-0.15, -0.1) is 5.10 Å². The molecule has 2 heterocycles. The Morgan fingerprint density at radius 1 is 1.04 bits per heavy atom. The van der Waals surface area contributed by atoms with Gasteiger partial charge in [0.05, 0.1) is 22.4 Å². The van der Waals surface area contributed by atoms with Crippen LogP contribution in [0.2, 0.25) is 0 Å². The number of hydrogen-bond donors (Lipinski definition) is 0. The van der Waals surface area contributed by atoms with E-state index in [-0.39, 0.29) is 5.91 Å². The number of fused-ring (bicyclic) bond motifs is 2. The highest BCUT2D eigenvalue weighted by molar-refractivity contribution is 7.98. The Labute approximate surface area is 136 Å². The minimum absolute atomic E-state index is 0.0513. The van der Waals surface area contributed by atoms with E-state index in [9.17, 15) is 4.79 Å². The summed E-state index contributed by atoms with van der Waals surface area (Å²) in [5.74, 6) is 0.488. The van der Waals surface area contributed by atoms with E-state index < -0.39 is 0 Å². The minimum Gasteiger partial charge on any atom is -0.274 e. The first-order valence-electron chi connectivity index (χ1n) is 7.13. The van der Waals surface area contributed by atoms with Gasteiger partial charge < -0.3 is 0 Å². The number of thioether (sulfide) groups is 1. The van der Waals surface area contributed by atoms with Gasteiger partial charge in [-0.2, -0.15) is 0 Å². The lowest BCUT2D eigenvalue weighted by atomic mass is 10.3. The largest absolute Gasteiger partial charge is 0.274 e. The molecule has 4 rings (SSSR count). The van der Waals surface area contributed by atoms with Crippen molar-refractivity contribution < 1.29 is 4.79 Å². The standard InChI is InChI=1S/C16H13N5OS/c1-11(22)21-15-9-5-2-6-12(15)17-16(21)23-10-20-14-8-4-3-7-13(14)18-19-20/h2-9H,10H2,1H3. The number of carbonyl (C=O) groups excluding carboxylic acids is 1. The van der Waals surface area contributed by atoms with Gasteiger partial charge in [-0.05, 0) is 24.3 Å². The van der Waals surface area contributed by atoms with Gasteiger partial charge in [-0.1, -0.05) is 41.2 Å². The van der Waals surface area contributed by atoms with Crippen molar-refractivity contribution >= 4 is 39.7 Å². The maximum atomic E-state index is 12.0. The Morgan fingerprint density at radius 2 is 1.74 bits per heavy atom. The lowest BCUT2D eigenvalue weighted by Gasteiger charge is -2.04. The van der Waals surface area contributed by atoms with E-state index >= 15 is 0 Å². The second-order valence-electron chi connectivity index (χ2n) is 5.09. The van der Waals surface area contributed by atoms with Crippen molar-refractivity contribution in [3.8, 4) is 0 Å². The predicted octanol–water partition coefficient (Wildman–Crippen LogP) is 3.19. The second kappa shape index (κ2) is 5.51. The van der Waals surface area contributed by atoms with E-state index in [1.165, 1.54) is 11.8 Å². The predicted molar refractivity (Wildman–Crippen MR) is 89.4 cm³/mol. The van der Waals surface area contributed by atoms with Gasteiger partial charge in [0.2, 0.25) is 5.91 Å². The van der Waals surface area contributed by atoms with Gasteiger partial charge in [0, 0.05) is 6.92 Å². The van der Waals surface area contributed by atoms with Crippen LogP contribution in [-0.4, -0.2) is 30.5 Å². The van der Waals surface area contributed by atoms with E-state index in [2.05, 4.69) is 15.3 Å². The first-order valence-corrected chi connectivity index (χ1v) is 8.12. The van der Waals surface area contributed by atoms with Crippen LogP contribution in [0, 0.1) is 0 Å². The van der Waals surface area contributed by atoms with Gasteiger partial charge >= 0.3 is 0 Å². The summed E-state index contributed by atoms with van der Waals surface area (Å²) in [6.45, 7) is 1.54. The Kier molecular flexibility index (Phi) is 3.34. The third-order valence-electron chi connectivity index (χ3n) is 3.58. The molecule has 0 aliphatic carbocycles. The lowest BCUT2D eigenvalue weighted by Crippen LogP contribution is -2.07. The monoisotopic (exact) mass is 323 g/mol. The highest BCUT2D eigenvalue weighted by Crippen LogP contribution is 2.25. The number of nitrogens with zero attached hydrogens (tertiary/aromatic N) is 5. The third kappa shape index (κ3) is 2.39. The summed E-state index contributed by atoms with van der Waals surface area (Å²) in [7, 11) is 0. The van der Waals surface area contributed by atoms with Crippen molar-refractivity contribution in [3.63, 3.8) is 0 Å². The van der Waals surface area contributed by atoms with Crippen LogP contribution in [0.15, 0.2) is 53.7 Å². The molecule has 23 heavy (non-hydrogen) atoms. The van der Waals surface area contributed by atoms with Crippen molar-refractivity contribution in [2.45, 2.75) is 18.0 Å². The van der Waals surface area contributed by atoms with Crippen LogP contribution >= 0.6 is 11.8 Å². The summed E-state index contributed by atoms with van der Waals surface area (Å²) in [6.07, 6.45) is 0. The fourth-order valence-electron chi connectivity index (χ4n) is 2.54. The summed E-state index contributed by atoms with van der Waals surface area (Å²) in [6, 6.07) is 15.4. The van der Waals surface area contributed by atoms with Crippen molar-refractivity contribution in [2.75, 3.05) is 0 Å². The quantitative estimate of drug-likeness (QED) is 0.542. The molecule has 2 aromatic heterocycles. The van der Waals surface area contributed by atoms with Crippen LogP contribution in [0.3, 0.4) is 0 Å². The van der Waals surface area contributed by atoms with E-state index in [1.54, 1.807) is 11.5 Å². The topological polar surface area (TPSA) is 65.6 Å². The highest BCUT2D eigenvalue weighted by Gasteiger charge is 2.14. The van der Waals surface area contributed by atoms with E-state index in [0.717, 1.165) is 22.1 Å². The molecule has 0 aliphatic heterocycles. The molecule has 0 N–H and O–H groups in total. The van der Waals surface area contributed by atoms with Gasteiger partial charge in [-0.25, -0.2) is 9.67 Å². The number of benzene rings is 2. The normalized spacial score (nSPS) is 11.3. The summed E-state index contributed by atoms with van der Waals surface area (Å²) in [5.41, 5.74) is 3.46. The van der Waals surface area contributed by atoms with Crippen LogP contribution in [0.1, 0.15) is 11.7 Å². The number of imidazole rings is 1. The lowest BCUT2D eigenvalue weighted by molar-refractivity contribution is 0.0931. The summed E-state index contributed by atoms with van der Waals surface area (Å²) in [5, 5.41) is 8.96. The Morgan fingerprint density at radius 3 is 2.52 bits per heavy atom. The Hall–Kier alpha value is -2.67. The van der Waals surface area contributed by atoms with Crippen molar-refractivity contribution in [2.24, 2.45) is 0 Å². The van der Waals surface area contributed by atoms with Crippen LogP contribution < -0.4 is 0 Å². The average molecular weight is 323 g/mol. The zero-order valence-corrected chi connectivity index (χ0v) is 13.2. The van der Waals surface area contributed by atoms with Gasteiger partial charge in [0.25, 0.3) is 0 Å². The summed E-state index contributed by atoms with van der Waals surface area (Å²) >= 11 is 1.47. The first-order chi connectivity index (χ1) is 11.2. The fraction of sp³-hybridized carbons (Fsp3) is 0.125. The SMILES string of the molecule is CC(=O)n1c(SCn2nnc3ccccc32)nc2ccccc21. The summed E-state index contributed by atoms with van der Waals surface area (Å²) < 4.78 is 3.45. The first kappa shape index (κ1) is 14.0. The van der Waals surface area contributed by atoms with Gasteiger partial charge in [0.1, 0.15) is 5.52 Å². The van der Waals surface area contributed by atoms with Crippen molar-refractivity contribution in [1.82, 2.24) is 24.5 Å². The molecular formula is C16H13N5OS. The number of aromatic nitrogens is 5. The maximum Gasteiger partial charge on any atom is 0.230 e. The Bertz CT molecular complexity index is 1020. The molecule has 2 aromatic carbocycles. The van der Waals surface area contributed by atoms with E-state index in [4.69, 9.17) is 0 Å². The molecule has 7 heteroatoms. The molecular weight excluding hydrogens is 310 g/mol.